The number of aromatic nitrogens is 2. The minimum absolute atomic E-state index is 0.0434. The minimum Gasteiger partial charge on any atom is -0.285 e. The van der Waals surface area contributed by atoms with Crippen LogP contribution in [0.3, 0.4) is 0 Å². The Kier molecular flexibility index (Phi) is 3.40. The summed E-state index contributed by atoms with van der Waals surface area (Å²) < 4.78 is 1.22. The molecule has 2 aromatic heterocycles. The average molecular weight is 312 g/mol. The Hall–Kier alpha value is -3.05. The Morgan fingerprint density at radius 3 is 3.00 bits per heavy atom. The molecule has 1 aromatic carbocycles. The maximum absolute atomic E-state index is 12.4. The molecule has 8 heteroatoms. The van der Waals surface area contributed by atoms with Gasteiger partial charge in [-0.15, -0.1) is 11.3 Å². The normalized spacial score (nSPS) is 10.5. The van der Waals surface area contributed by atoms with Crippen LogP contribution in [0.25, 0.3) is 21.3 Å². The molecule has 0 aliphatic rings. The van der Waals surface area contributed by atoms with Crippen LogP contribution in [-0.2, 0) is 6.54 Å². The molecule has 0 amide bonds. The Labute approximate surface area is 127 Å². The summed E-state index contributed by atoms with van der Waals surface area (Å²) in [6.07, 6.45) is 1.33. The third-order valence-corrected chi connectivity index (χ3v) is 4.06. The molecule has 2 heterocycles. The van der Waals surface area contributed by atoms with Crippen molar-refractivity contribution in [2.75, 3.05) is 0 Å². The molecule has 3 rings (SSSR count). The lowest BCUT2D eigenvalue weighted by molar-refractivity contribution is -0.384. The number of benzene rings is 1. The van der Waals surface area contributed by atoms with Gasteiger partial charge < -0.3 is 0 Å². The van der Waals surface area contributed by atoms with Gasteiger partial charge in [0, 0.05) is 23.1 Å². The lowest BCUT2D eigenvalue weighted by Gasteiger charge is -2.02. The zero-order valence-electron chi connectivity index (χ0n) is 11.1. The first-order valence-electron chi connectivity index (χ1n) is 6.20. The van der Waals surface area contributed by atoms with Crippen LogP contribution in [0.5, 0.6) is 0 Å². The minimum atomic E-state index is -0.482. The van der Waals surface area contributed by atoms with Gasteiger partial charge in [0.05, 0.1) is 16.4 Å². The number of fused-ring (bicyclic) bond motifs is 1. The van der Waals surface area contributed by atoms with E-state index in [-0.39, 0.29) is 17.8 Å². The number of nitro benzene ring substituents is 1. The molecule has 0 saturated carbocycles. The third-order valence-electron chi connectivity index (χ3n) is 3.17. The van der Waals surface area contributed by atoms with E-state index in [0.29, 0.717) is 21.3 Å². The van der Waals surface area contributed by atoms with Crippen LogP contribution in [0.2, 0.25) is 0 Å². The van der Waals surface area contributed by atoms with Crippen LogP contribution in [-0.4, -0.2) is 14.5 Å². The van der Waals surface area contributed by atoms with Gasteiger partial charge in [-0.25, -0.2) is 4.98 Å². The summed E-state index contributed by atoms with van der Waals surface area (Å²) in [4.78, 5) is 27.5. The van der Waals surface area contributed by atoms with Gasteiger partial charge in [0.15, 0.2) is 0 Å². The molecule has 7 nitrogen and oxygen atoms in total. The quantitative estimate of drug-likeness (QED) is 0.546. The number of thiophene rings is 1. The van der Waals surface area contributed by atoms with Crippen LogP contribution in [0.15, 0.2) is 40.8 Å². The molecule has 0 unspecified atom stereocenters. The van der Waals surface area contributed by atoms with Crippen molar-refractivity contribution in [1.29, 1.82) is 5.26 Å². The molecule has 0 saturated heterocycles. The summed E-state index contributed by atoms with van der Waals surface area (Å²) in [6, 6.07) is 7.99. The highest BCUT2D eigenvalue weighted by atomic mass is 32.1. The van der Waals surface area contributed by atoms with E-state index in [9.17, 15) is 14.9 Å². The Bertz CT molecular complexity index is 984. The van der Waals surface area contributed by atoms with Crippen molar-refractivity contribution < 1.29 is 4.92 Å². The van der Waals surface area contributed by atoms with E-state index in [1.807, 2.05) is 6.07 Å². The number of nitrogens with zero attached hydrogens (tertiary/aromatic N) is 4. The van der Waals surface area contributed by atoms with E-state index < -0.39 is 4.92 Å². The first-order chi connectivity index (χ1) is 10.6. The molecule has 3 aromatic rings. The van der Waals surface area contributed by atoms with E-state index >= 15 is 0 Å². The Morgan fingerprint density at radius 2 is 2.27 bits per heavy atom. The molecule has 0 N–H and O–H groups in total. The van der Waals surface area contributed by atoms with Gasteiger partial charge in [-0.05, 0) is 5.56 Å². The van der Waals surface area contributed by atoms with Crippen molar-refractivity contribution in [3.05, 3.63) is 56.4 Å². The summed E-state index contributed by atoms with van der Waals surface area (Å²) >= 11 is 1.29. The molecule has 0 aliphatic carbocycles. The molecular formula is C14H8N4O3S. The van der Waals surface area contributed by atoms with Gasteiger partial charge in [-0.1, -0.05) is 12.1 Å². The van der Waals surface area contributed by atoms with Gasteiger partial charge in [0.2, 0.25) is 0 Å². The molecule has 0 aliphatic heterocycles. The first kappa shape index (κ1) is 13.9. The topological polar surface area (TPSA) is 102 Å². The lowest BCUT2D eigenvalue weighted by atomic mass is 10.1. The van der Waals surface area contributed by atoms with Gasteiger partial charge in [-0.3, -0.25) is 19.5 Å². The van der Waals surface area contributed by atoms with Crippen LogP contribution in [0.4, 0.5) is 5.69 Å². The fourth-order valence-corrected chi connectivity index (χ4v) is 3.06. The summed E-state index contributed by atoms with van der Waals surface area (Å²) in [5.41, 5.74) is 0.801. The van der Waals surface area contributed by atoms with E-state index in [1.165, 1.54) is 34.4 Å². The smallest absolute Gasteiger partial charge is 0.270 e. The number of rotatable bonds is 3. The zero-order chi connectivity index (χ0) is 15.7. The van der Waals surface area contributed by atoms with E-state index in [0.717, 1.165) is 0 Å². The van der Waals surface area contributed by atoms with E-state index in [2.05, 4.69) is 4.98 Å². The SMILES string of the molecule is N#CCn1cnc2scc(-c3cccc([N+](=O)[O-])c3)c2c1=O. The van der Waals surface area contributed by atoms with E-state index in [4.69, 9.17) is 5.26 Å². The second-order valence-electron chi connectivity index (χ2n) is 4.47. The predicted molar refractivity (Wildman–Crippen MR) is 81.6 cm³/mol. The van der Waals surface area contributed by atoms with Gasteiger partial charge >= 0.3 is 0 Å². The molecule has 108 valence electrons. The highest BCUT2D eigenvalue weighted by molar-refractivity contribution is 7.17. The number of hydrogen-bond acceptors (Lipinski definition) is 6. The van der Waals surface area contributed by atoms with Gasteiger partial charge in [0.1, 0.15) is 17.7 Å². The lowest BCUT2D eigenvalue weighted by Crippen LogP contribution is -2.19. The number of nitriles is 1. The second kappa shape index (κ2) is 5.38. The second-order valence-corrected chi connectivity index (χ2v) is 5.33. The monoisotopic (exact) mass is 312 g/mol. The first-order valence-corrected chi connectivity index (χ1v) is 7.08. The summed E-state index contributed by atoms with van der Waals surface area (Å²) in [6.45, 7) is -0.0913. The van der Waals surface area contributed by atoms with Crippen LogP contribution >= 0.6 is 11.3 Å². The van der Waals surface area contributed by atoms with Crippen molar-refractivity contribution >= 4 is 27.2 Å². The maximum atomic E-state index is 12.4. The Balaban J connectivity index is 2.26. The van der Waals surface area contributed by atoms with Crippen molar-refractivity contribution in [1.82, 2.24) is 9.55 Å². The molecule has 0 radical (unpaired) electrons. The van der Waals surface area contributed by atoms with Crippen molar-refractivity contribution in [3.8, 4) is 17.2 Å². The van der Waals surface area contributed by atoms with Crippen LogP contribution < -0.4 is 5.56 Å². The molecule has 0 spiro atoms. The number of nitro groups is 1. The molecule has 0 fully saturated rings. The van der Waals surface area contributed by atoms with E-state index in [1.54, 1.807) is 17.5 Å². The van der Waals surface area contributed by atoms with Gasteiger partial charge in [0.25, 0.3) is 11.2 Å². The maximum Gasteiger partial charge on any atom is 0.270 e. The fourth-order valence-electron chi connectivity index (χ4n) is 2.16. The molecular weight excluding hydrogens is 304 g/mol. The summed E-state index contributed by atoms with van der Waals surface area (Å²) in [5.74, 6) is 0. The summed E-state index contributed by atoms with van der Waals surface area (Å²) in [5, 5.41) is 21.8. The van der Waals surface area contributed by atoms with Crippen LogP contribution in [0, 0.1) is 21.4 Å². The fraction of sp³-hybridized carbons (Fsp3) is 0.0714. The standard InChI is InChI=1S/C14H8N4O3S/c15-4-5-17-8-16-13-12(14(17)19)11(7-22-13)9-2-1-3-10(6-9)18(20)21/h1-3,6-8H,5H2. The molecule has 0 atom stereocenters. The van der Waals surface area contributed by atoms with Crippen molar-refractivity contribution in [2.45, 2.75) is 6.54 Å². The molecule has 0 bridgehead atoms. The summed E-state index contributed by atoms with van der Waals surface area (Å²) in [7, 11) is 0. The van der Waals surface area contributed by atoms with Crippen molar-refractivity contribution in [2.24, 2.45) is 0 Å². The van der Waals surface area contributed by atoms with Gasteiger partial charge in [-0.2, -0.15) is 5.26 Å². The van der Waals surface area contributed by atoms with Crippen LogP contribution in [0.1, 0.15) is 0 Å². The highest BCUT2D eigenvalue weighted by Crippen LogP contribution is 2.32. The largest absolute Gasteiger partial charge is 0.285 e. The average Bonchev–Trinajstić information content (AvgIpc) is 2.95. The predicted octanol–water partition coefficient (Wildman–Crippen LogP) is 2.56. The Morgan fingerprint density at radius 1 is 1.45 bits per heavy atom. The zero-order valence-corrected chi connectivity index (χ0v) is 11.9. The number of non-ortho nitro benzene ring substituents is 1. The third kappa shape index (κ3) is 2.23. The van der Waals surface area contributed by atoms with Crippen molar-refractivity contribution in [3.63, 3.8) is 0 Å². The molecule has 22 heavy (non-hydrogen) atoms. The highest BCUT2D eigenvalue weighted by Gasteiger charge is 2.15. The number of hydrogen-bond donors (Lipinski definition) is 0.